The zero-order valence-electron chi connectivity index (χ0n) is 16.0. The van der Waals surface area contributed by atoms with Crippen LogP contribution in [0.25, 0.3) is 0 Å². The van der Waals surface area contributed by atoms with Crippen molar-refractivity contribution in [2.75, 3.05) is 7.05 Å². The lowest BCUT2D eigenvalue weighted by molar-refractivity contribution is 0.444. The van der Waals surface area contributed by atoms with Gasteiger partial charge in [0.1, 0.15) is 12.4 Å². The highest BCUT2D eigenvalue weighted by atomic mass is 35.5. The first-order valence-electron chi connectivity index (χ1n) is 9.11. The third kappa shape index (κ3) is 4.38. The lowest BCUT2D eigenvalue weighted by Crippen LogP contribution is -2.43. The highest BCUT2D eigenvalue weighted by Crippen LogP contribution is 2.19. The zero-order chi connectivity index (χ0) is 18.7. The number of halogens is 1. The van der Waals surface area contributed by atoms with Crippen LogP contribution in [0.5, 0.6) is 0 Å². The predicted molar refractivity (Wildman–Crippen MR) is 104 cm³/mol. The molecule has 0 unspecified atom stereocenters. The van der Waals surface area contributed by atoms with Gasteiger partial charge in [-0.25, -0.2) is 4.99 Å². The molecule has 0 aromatic carbocycles. The van der Waals surface area contributed by atoms with E-state index in [4.69, 9.17) is 16.6 Å². The molecule has 26 heavy (non-hydrogen) atoms. The standard InChI is InChI=1S/C18H28ClN7/c1-13-22-23-17(26(13)4)10-20-18(21-15-7-5-6-8-15)25(3)12-16-9-14(19)11-24(16)2/h9,11,15H,5-8,10,12H2,1-4H3,(H,20,21). The fraction of sp³-hybridized carbons (Fsp3) is 0.611. The molecule has 8 heteroatoms. The van der Waals surface area contributed by atoms with E-state index in [0.29, 0.717) is 12.6 Å². The van der Waals surface area contributed by atoms with Gasteiger partial charge in [0.25, 0.3) is 0 Å². The number of guanidine groups is 1. The molecule has 0 bridgehead atoms. The first kappa shape index (κ1) is 18.8. The molecule has 1 saturated carbocycles. The Hall–Kier alpha value is -2.02. The van der Waals surface area contributed by atoms with E-state index >= 15 is 0 Å². The molecule has 0 aliphatic heterocycles. The van der Waals surface area contributed by atoms with E-state index in [-0.39, 0.29) is 0 Å². The third-order valence-corrected chi connectivity index (χ3v) is 5.28. The van der Waals surface area contributed by atoms with Crippen molar-refractivity contribution in [1.29, 1.82) is 0 Å². The monoisotopic (exact) mass is 377 g/mol. The Bertz CT molecular complexity index is 771. The van der Waals surface area contributed by atoms with Crippen LogP contribution in [0.1, 0.15) is 43.0 Å². The summed E-state index contributed by atoms with van der Waals surface area (Å²) < 4.78 is 4.03. The lowest BCUT2D eigenvalue weighted by Gasteiger charge is -2.25. The van der Waals surface area contributed by atoms with Crippen LogP contribution in [0.3, 0.4) is 0 Å². The fourth-order valence-electron chi connectivity index (χ4n) is 3.30. The minimum Gasteiger partial charge on any atom is -0.353 e. The molecule has 3 rings (SSSR count). The van der Waals surface area contributed by atoms with E-state index < -0.39 is 0 Å². The van der Waals surface area contributed by atoms with Gasteiger partial charge in [-0.2, -0.15) is 0 Å². The second kappa shape index (κ2) is 8.12. The number of nitrogens with one attached hydrogen (secondary N) is 1. The maximum Gasteiger partial charge on any atom is 0.194 e. The van der Waals surface area contributed by atoms with E-state index in [9.17, 15) is 0 Å². The molecule has 142 valence electrons. The van der Waals surface area contributed by atoms with Crippen LogP contribution < -0.4 is 5.32 Å². The molecule has 2 heterocycles. The summed E-state index contributed by atoms with van der Waals surface area (Å²) in [5, 5.41) is 12.7. The molecular weight excluding hydrogens is 350 g/mol. The quantitative estimate of drug-likeness (QED) is 0.642. The van der Waals surface area contributed by atoms with E-state index in [1.54, 1.807) is 0 Å². The van der Waals surface area contributed by atoms with Gasteiger partial charge in [-0.15, -0.1) is 10.2 Å². The summed E-state index contributed by atoms with van der Waals surface area (Å²) in [6.45, 7) is 3.19. The van der Waals surface area contributed by atoms with Gasteiger partial charge in [-0.05, 0) is 25.8 Å². The van der Waals surface area contributed by atoms with Gasteiger partial charge in [0.05, 0.1) is 11.6 Å². The molecule has 2 aromatic heterocycles. The third-order valence-electron chi connectivity index (χ3n) is 5.08. The largest absolute Gasteiger partial charge is 0.353 e. The number of rotatable bonds is 5. The van der Waals surface area contributed by atoms with E-state index in [1.165, 1.54) is 25.7 Å². The Labute approximate surface area is 160 Å². The summed E-state index contributed by atoms with van der Waals surface area (Å²) in [6, 6.07) is 2.49. The van der Waals surface area contributed by atoms with Crippen molar-refractivity contribution in [2.24, 2.45) is 19.1 Å². The Balaban J connectivity index is 1.76. The van der Waals surface area contributed by atoms with E-state index in [2.05, 4.69) is 32.0 Å². The molecule has 0 spiro atoms. The summed E-state index contributed by atoms with van der Waals surface area (Å²) in [7, 11) is 6.04. The van der Waals surface area contributed by atoms with Crippen LogP contribution >= 0.6 is 11.6 Å². The number of aryl methyl sites for hydroxylation is 2. The highest BCUT2D eigenvalue weighted by Gasteiger charge is 2.19. The van der Waals surface area contributed by atoms with E-state index in [0.717, 1.165) is 34.9 Å². The van der Waals surface area contributed by atoms with Gasteiger partial charge in [-0.1, -0.05) is 24.4 Å². The molecule has 1 N–H and O–H groups in total. The average Bonchev–Trinajstić information content (AvgIpc) is 3.29. The van der Waals surface area contributed by atoms with Gasteiger partial charge in [0, 0.05) is 39.1 Å². The molecule has 0 radical (unpaired) electrons. The predicted octanol–water partition coefficient (Wildman–Crippen LogP) is 2.64. The average molecular weight is 378 g/mol. The maximum atomic E-state index is 6.12. The normalized spacial score (nSPS) is 15.7. The Morgan fingerprint density at radius 3 is 2.65 bits per heavy atom. The minimum absolute atomic E-state index is 0.495. The van der Waals surface area contributed by atoms with Gasteiger partial charge < -0.3 is 19.4 Å². The van der Waals surface area contributed by atoms with Crippen LogP contribution in [0.15, 0.2) is 17.3 Å². The maximum absolute atomic E-state index is 6.12. The van der Waals surface area contributed by atoms with Gasteiger partial charge >= 0.3 is 0 Å². The number of aliphatic imine (C=N–C) groups is 1. The van der Waals surface area contributed by atoms with Crippen molar-refractivity contribution in [3.05, 3.63) is 34.6 Å². The molecule has 0 amide bonds. The Morgan fingerprint density at radius 2 is 2.08 bits per heavy atom. The number of nitrogens with zero attached hydrogens (tertiary/aromatic N) is 6. The van der Waals surface area contributed by atoms with Crippen molar-refractivity contribution in [3.63, 3.8) is 0 Å². The molecule has 1 aliphatic carbocycles. The molecule has 1 aliphatic rings. The molecular formula is C18H28ClN7. The van der Waals surface area contributed by atoms with Crippen LogP contribution in [0.2, 0.25) is 5.02 Å². The second-order valence-corrected chi connectivity index (χ2v) is 7.54. The van der Waals surface area contributed by atoms with Crippen LogP contribution in [0, 0.1) is 6.92 Å². The topological polar surface area (TPSA) is 63.3 Å². The summed E-state index contributed by atoms with van der Waals surface area (Å²) in [5.41, 5.74) is 1.15. The number of hydrogen-bond donors (Lipinski definition) is 1. The van der Waals surface area contributed by atoms with Crippen LogP contribution in [-0.4, -0.2) is 43.3 Å². The fourth-order valence-corrected chi connectivity index (χ4v) is 3.58. The second-order valence-electron chi connectivity index (χ2n) is 7.10. The Morgan fingerprint density at radius 1 is 1.35 bits per heavy atom. The molecule has 0 saturated heterocycles. The summed E-state index contributed by atoms with van der Waals surface area (Å²) >= 11 is 6.12. The van der Waals surface area contributed by atoms with Crippen molar-refractivity contribution >= 4 is 17.6 Å². The van der Waals surface area contributed by atoms with Crippen molar-refractivity contribution in [2.45, 2.75) is 51.7 Å². The minimum atomic E-state index is 0.495. The highest BCUT2D eigenvalue weighted by molar-refractivity contribution is 6.30. The van der Waals surface area contributed by atoms with Crippen LogP contribution in [0.4, 0.5) is 0 Å². The first-order chi connectivity index (χ1) is 12.4. The van der Waals surface area contributed by atoms with E-state index in [1.807, 2.05) is 37.8 Å². The van der Waals surface area contributed by atoms with Gasteiger partial charge in [0.2, 0.25) is 0 Å². The summed E-state index contributed by atoms with van der Waals surface area (Å²) in [6.07, 6.45) is 6.89. The zero-order valence-corrected chi connectivity index (χ0v) is 16.8. The van der Waals surface area contributed by atoms with Crippen molar-refractivity contribution < 1.29 is 0 Å². The van der Waals surface area contributed by atoms with Crippen molar-refractivity contribution in [3.8, 4) is 0 Å². The SMILES string of the molecule is Cc1nnc(CN=C(NC2CCCC2)N(C)Cc2cc(Cl)cn2C)n1C. The molecule has 1 fully saturated rings. The smallest absolute Gasteiger partial charge is 0.194 e. The Kier molecular flexibility index (Phi) is 5.86. The molecule has 7 nitrogen and oxygen atoms in total. The summed E-state index contributed by atoms with van der Waals surface area (Å²) in [4.78, 5) is 6.98. The van der Waals surface area contributed by atoms with Crippen LogP contribution in [-0.2, 0) is 27.2 Å². The molecule has 2 aromatic rings. The number of aromatic nitrogens is 4. The molecule has 0 atom stereocenters. The van der Waals surface area contributed by atoms with Gasteiger partial charge in [0.15, 0.2) is 11.8 Å². The van der Waals surface area contributed by atoms with Gasteiger partial charge in [-0.3, -0.25) is 0 Å². The lowest BCUT2D eigenvalue weighted by atomic mass is 10.2. The first-order valence-corrected chi connectivity index (χ1v) is 9.49. The van der Waals surface area contributed by atoms with Crippen molar-refractivity contribution in [1.82, 2.24) is 29.5 Å². The summed E-state index contributed by atoms with van der Waals surface area (Å²) in [5.74, 6) is 2.66. The number of hydrogen-bond acceptors (Lipinski definition) is 3.